The van der Waals surface area contributed by atoms with E-state index in [0.29, 0.717) is 27.4 Å². The lowest BCUT2D eigenvalue weighted by Crippen LogP contribution is -2.17. The second-order valence-corrected chi connectivity index (χ2v) is 7.50. The molecule has 0 aliphatic carbocycles. The van der Waals surface area contributed by atoms with Crippen molar-refractivity contribution >= 4 is 39.9 Å². The van der Waals surface area contributed by atoms with Gasteiger partial charge in [0.05, 0.1) is 5.39 Å². The van der Waals surface area contributed by atoms with E-state index in [2.05, 4.69) is 5.32 Å². The van der Waals surface area contributed by atoms with Crippen molar-refractivity contribution in [1.29, 1.82) is 0 Å². The molecule has 160 valence electrons. The number of hydrogen-bond acceptors (Lipinski definition) is 5. The number of ketones is 1. The van der Waals surface area contributed by atoms with Crippen LogP contribution >= 0.6 is 11.6 Å². The lowest BCUT2D eigenvalue weighted by molar-refractivity contribution is -0.114. The molecule has 3 aromatic carbocycles. The maximum Gasteiger partial charge on any atom is 0.235 e. The van der Waals surface area contributed by atoms with E-state index >= 15 is 0 Å². The third-order valence-electron chi connectivity index (χ3n) is 4.72. The molecule has 1 N–H and O–H groups in total. The maximum atomic E-state index is 13.2. The van der Waals surface area contributed by atoms with Gasteiger partial charge in [-0.3, -0.25) is 14.4 Å². The molecule has 0 aliphatic heterocycles. The molecule has 1 heterocycles. The lowest BCUT2D eigenvalue weighted by atomic mass is 10.1. The zero-order chi connectivity index (χ0) is 22.7. The van der Waals surface area contributed by atoms with Gasteiger partial charge in [-0.1, -0.05) is 41.9 Å². The minimum atomic E-state index is -0.415. The van der Waals surface area contributed by atoms with Crippen LogP contribution in [0.15, 0.2) is 82.0 Å². The van der Waals surface area contributed by atoms with E-state index in [1.165, 1.54) is 13.0 Å². The average molecular weight is 448 g/mol. The van der Waals surface area contributed by atoms with E-state index in [4.69, 9.17) is 20.8 Å². The summed E-state index contributed by atoms with van der Waals surface area (Å²) in [6, 6.07) is 20.2. The minimum absolute atomic E-state index is 0.0609. The molecule has 0 radical (unpaired) electrons. The number of halogens is 1. The highest BCUT2D eigenvalue weighted by Crippen LogP contribution is 2.31. The fraction of sp³-hybridized carbons (Fsp3) is 0.0800. The van der Waals surface area contributed by atoms with Crippen LogP contribution in [-0.2, 0) is 4.79 Å². The number of amides is 1. The highest BCUT2D eigenvalue weighted by atomic mass is 35.5. The van der Waals surface area contributed by atoms with Gasteiger partial charge in [0.25, 0.3) is 0 Å². The summed E-state index contributed by atoms with van der Waals surface area (Å²) in [5.74, 6) is -0.360. The second kappa shape index (κ2) is 9.08. The van der Waals surface area contributed by atoms with Crippen molar-refractivity contribution in [3.8, 4) is 17.1 Å². The van der Waals surface area contributed by atoms with Crippen LogP contribution in [0.3, 0.4) is 0 Å². The van der Waals surface area contributed by atoms with Gasteiger partial charge in [-0.2, -0.15) is 0 Å². The van der Waals surface area contributed by atoms with Gasteiger partial charge in [0.1, 0.15) is 5.58 Å². The molecule has 0 saturated heterocycles. The predicted octanol–water partition coefficient (Wildman–Crippen LogP) is 5.33. The number of rotatable bonds is 6. The first-order valence-electron chi connectivity index (χ1n) is 9.78. The molecule has 0 spiro atoms. The van der Waals surface area contributed by atoms with Crippen LogP contribution < -0.4 is 15.5 Å². The SMILES string of the molecule is CC(=O)Nc1ccc(C(=O)COc2c(-c3ccccc3)oc3ccc(Cl)cc3c2=O)cc1. The fourth-order valence-electron chi connectivity index (χ4n) is 3.22. The Morgan fingerprint density at radius 2 is 1.72 bits per heavy atom. The molecule has 4 rings (SSSR count). The van der Waals surface area contributed by atoms with E-state index in [9.17, 15) is 14.4 Å². The molecule has 6 nitrogen and oxygen atoms in total. The van der Waals surface area contributed by atoms with Gasteiger partial charge in [0, 0.05) is 28.8 Å². The first-order chi connectivity index (χ1) is 15.4. The average Bonchev–Trinajstić information content (AvgIpc) is 2.79. The Kier molecular flexibility index (Phi) is 6.05. The Bertz CT molecular complexity index is 1360. The standard InChI is InChI=1S/C25H18ClNO5/c1-15(28)27-19-10-7-16(8-11-19)21(29)14-31-25-23(30)20-13-18(26)9-12-22(20)32-24(25)17-5-3-2-4-6-17/h2-13H,14H2,1H3,(H,27,28). The fourth-order valence-corrected chi connectivity index (χ4v) is 3.40. The molecule has 4 aromatic rings. The molecular weight excluding hydrogens is 430 g/mol. The minimum Gasteiger partial charge on any atom is -0.478 e. The molecule has 0 saturated carbocycles. The monoisotopic (exact) mass is 447 g/mol. The maximum absolute atomic E-state index is 13.2. The smallest absolute Gasteiger partial charge is 0.235 e. The summed E-state index contributed by atoms with van der Waals surface area (Å²) >= 11 is 6.05. The van der Waals surface area contributed by atoms with E-state index in [0.717, 1.165) is 0 Å². The number of carbonyl (C=O) groups is 2. The Labute approximate surface area is 188 Å². The van der Waals surface area contributed by atoms with Crippen molar-refractivity contribution in [1.82, 2.24) is 0 Å². The summed E-state index contributed by atoms with van der Waals surface area (Å²) in [4.78, 5) is 37.0. The molecule has 0 bridgehead atoms. The van der Waals surface area contributed by atoms with E-state index < -0.39 is 5.43 Å². The van der Waals surface area contributed by atoms with Gasteiger partial charge in [-0.05, 0) is 42.5 Å². The molecule has 0 aliphatic rings. The van der Waals surface area contributed by atoms with Gasteiger partial charge in [-0.25, -0.2) is 0 Å². The largest absolute Gasteiger partial charge is 0.478 e. The molecule has 32 heavy (non-hydrogen) atoms. The number of fused-ring (bicyclic) bond motifs is 1. The summed E-state index contributed by atoms with van der Waals surface area (Å²) in [5, 5.41) is 3.29. The molecule has 0 atom stereocenters. The van der Waals surface area contributed by atoms with E-state index in [-0.39, 0.29) is 35.2 Å². The van der Waals surface area contributed by atoms with Crippen LogP contribution in [0.1, 0.15) is 17.3 Å². The molecule has 7 heteroatoms. The Hall–Kier alpha value is -3.90. The number of benzene rings is 3. The first-order valence-corrected chi connectivity index (χ1v) is 10.2. The highest BCUT2D eigenvalue weighted by molar-refractivity contribution is 6.31. The number of ether oxygens (including phenoxy) is 1. The van der Waals surface area contributed by atoms with E-state index in [1.54, 1.807) is 48.5 Å². The number of nitrogens with one attached hydrogen (secondary N) is 1. The third kappa shape index (κ3) is 4.55. The van der Waals surface area contributed by atoms with Crippen molar-refractivity contribution in [3.63, 3.8) is 0 Å². The Balaban J connectivity index is 1.67. The van der Waals surface area contributed by atoms with Gasteiger partial charge in [0.15, 0.2) is 18.2 Å². The third-order valence-corrected chi connectivity index (χ3v) is 4.96. The van der Waals surface area contributed by atoms with E-state index in [1.807, 2.05) is 18.2 Å². The van der Waals surface area contributed by atoms with Crippen LogP contribution in [0.5, 0.6) is 5.75 Å². The summed E-state index contributed by atoms with van der Waals surface area (Å²) in [7, 11) is 0. The van der Waals surface area contributed by atoms with Gasteiger partial charge in [-0.15, -0.1) is 0 Å². The molecule has 0 unspecified atom stereocenters. The van der Waals surface area contributed by atoms with Crippen LogP contribution in [0.4, 0.5) is 5.69 Å². The zero-order valence-corrected chi connectivity index (χ0v) is 17.8. The molecule has 1 amide bonds. The lowest BCUT2D eigenvalue weighted by Gasteiger charge is -2.12. The number of Topliss-reactive ketones (excluding diaryl/α,β-unsaturated/α-hetero) is 1. The Morgan fingerprint density at radius 3 is 2.41 bits per heavy atom. The van der Waals surface area contributed by atoms with Crippen LogP contribution in [0.2, 0.25) is 5.02 Å². The van der Waals surface area contributed by atoms with Crippen LogP contribution in [0, 0.1) is 0 Å². The highest BCUT2D eigenvalue weighted by Gasteiger charge is 2.19. The summed E-state index contributed by atoms with van der Waals surface area (Å²) in [5.41, 5.74) is 1.55. The summed E-state index contributed by atoms with van der Waals surface area (Å²) < 4.78 is 11.7. The molecule has 1 aromatic heterocycles. The second-order valence-electron chi connectivity index (χ2n) is 7.07. The summed E-state index contributed by atoms with van der Waals surface area (Å²) in [6.07, 6.45) is 0. The van der Waals surface area contributed by atoms with Crippen molar-refractivity contribution in [2.45, 2.75) is 6.92 Å². The van der Waals surface area contributed by atoms with Crippen molar-refractivity contribution in [2.75, 3.05) is 11.9 Å². The molecule has 0 fully saturated rings. The van der Waals surface area contributed by atoms with Gasteiger partial charge >= 0.3 is 0 Å². The number of anilines is 1. The zero-order valence-electron chi connectivity index (χ0n) is 17.1. The van der Waals surface area contributed by atoms with Gasteiger partial charge < -0.3 is 14.5 Å². The quantitative estimate of drug-likeness (QED) is 0.403. The van der Waals surface area contributed by atoms with Crippen LogP contribution in [0.25, 0.3) is 22.3 Å². The Morgan fingerprint density at radius 1 is 1.00 bits per heavy atom. The normalized spacial score (nSPS) is 10.7. The van der Waals surface area contributed by atoms with Crippen molar-refractivity contribution in [3.05, 3.63) is 93.6 Å². The van der Waals surface area contributed by atoms with Crippen molar-refractivity contribution in [2.24, 2.45) is 0 Å². The number of hydrogen-bond donors (Lipinski definition) is 1. The van der Waals surface area contributed by atoms with Crippen molar-refractivity contribution < 1.29 is 18.7 Å². The van der Waals surface area contributed by atoms with Crippen LogP contribution in [-0.4, -0.2) is 18.3 Å². The van der Waals surface area contributed by atoms with Gasteiger partial charge in [0.2, 0.25) is 17.1 Å². The molecular formula is C25H18ClNO5. The summed E-state index contributed by atoms with van der Waals surface area (Å²) in [6.45, 7) is 1.04. The first kappa shape index (κ1) is 21.3. The predicted molar refractivity (Wildman–Crippen MR) is 124 cm³/mol. The number of carbonyl (C=O) groups excluding carboxylic acids is 2. The topological polar surface area (TPSA) is 85.6 Å².